The van der Waals surface area contributed by atoms with E-state index in [4.69, 9.17) is 0 Å². The number of hydrogen-bond acceptors (Lipinski definition) is 2. The zero-order valence-electron chi connectivity index (χ0n) is 10.5. The number of aliphatic carboxylic acids is 1. The molecule has 3 heteroatoms. The minimum Gasteiger partial charge on any atom is -0.480 e. The maximum absolute atomic E-state index is 11.2. The second-order valence-corrected chi connectivity index (χ2v) is 4.23. The molecule has 0 fully saturated rings. The minimum absolute atomic E-state index is 0.626. The van der Waals surface area contributed by atoms with E-state index in [1.54, 1.807) is 7.05 Å². The minimum atomic E-state index is -0.835. The molecule has 2 N–H and O–H groups in total. The molecule has 0 aliphatic heterocycles. The van der Waals surface area contributed by atoms with E-state index in [1.807, 2.05) is 27.7 Å². The lowest BCUT2D eigenvalue weighted by Crippen LogP contribution is -2.27. The standard InChI is InChI=1S/C13H19NO2/c1-7-6-8(2)10(4)11(9(7)3)12(14-5)13(15)16/h6,12,14H,1-5H3,(H,15,16). The Labute approximate surface area is 96.5 Å². The van der Waals surface area contributed by atoms with Gasteiger partial charge in [0.1, 0.15) is 6.04 Å². The molecule has 1 unspecified atom stereocenters. The Morgan fingerprint density at radius 1 is 1.19 bits per heavy atom. The average Bonchev–Trinajstić information content (AvgIpc) is 2.21. The number of nitrogens with one attached hydrogen (secondary N) is 1. The Hall–Kier alpha value is -1.35. The molecule has 0 aliphatic carbocycles. The van der Waals surface area contributed by atoms with Crippen molar-refractivity contribution in [2.75, 3.05) is 7.05 Å². The molecule has 0 aliphatic rings. The topological polar surface area (TPSA) is 49.3 Å². The van der Waals surface area contributed by atoms with Crippen molar-refractivity contribution in [2.45, 2.75) is 33.7 Å². The number of hydrogen-bond donors (Lipinski definition) is 2. The van der Waals surface area contributed by atoms with E-state index >= 15 is 0 Å². The lowest BCUT2D eigenvalue weighted by atomic mass is 9.90. The van der Waals surface area contributed by atoms with Crippen LogP contribution in [0.1, 0.15) is 33.9 Å². The van der Waals surface area contributed by atoms with Gasteiger partial charge in [-0.1, -0.05) is 6.07 Å². The third-order valence-corrected chi connectivity index (χ3v) is 3.25. The second-order valence-electron chi connectivity index (χ2n) is 4.23. The van der Waals surface area contributed by atoms with Crippen molar-refractivity contribution in [1.29, 1.82) is 0 Å². The molecule has 1 rings (SSSR count). The normalized spacial score (nSPS) is 12.6. The summed E-state index contributed by atoms with van der Waals surface area (Å²) in [6.07, 6.45) is 0. The van der Waals surface area contributed by atoms with Gasteiger partial charge < -0.3 is 10.4 Å². The molecule has 0 saturated heterocycles. The van der Waals surface area contributed by atoms with Crippen LogP contribution in [-0.2, 0) is 4.79 Å². The molecular formula is C13H19NO2. The summed E-state index contributed by atoms with van der Waals surface area (Å²) in [7, 11) is 1.68. The zero-order chi connectivity index (χ0) is 12.5. The summed E-state index contributed by atoms with van der Waals surface area (Å²) in [6.45, 7) is 7.98. The Morgan fingerprint density at radius 2 is 1.62 bits per heavy atom. The van der Waals surface area contributed by atoms with Gasteiger partial charge in [-0.2, -0.15) is 0 Å². The van der Waals surface area contributed by atoms with Crippen molar-refractivity contribution in [3.05, 3.63) is 33.9 Å². The summed E-state index contributed by atoms with van der Waals surface area (Å²) in [5.41, 5.74) is 5.29. The van der Waals surface area contributed by atoms with E-state index in [1.165, 1.54) is 0 Å². The molecule has 0 heterocycles. The van der Waals surface area contributed by atoms with Gasteiger partial charge >= 0.3 is 5.97 Å². The van der Waals surface area contributed by atoms with E-state index in [2.05, 4.69) is 11.4 Å². The van der Waals surface area contributed by atoms with E-state index in [-0.39, 0.29) is 0 Å². The molecule has 0 saturated carbocycles. The van der Waals surface area contributed by atoms with E-state index < -0.39 is 12.0 Å². The molecule has 88 valence electrons. The van der Waals surface area contributed by atoms with Crippen LogP contribution in [0.5, 0.6) is 0 Å². The van der Waals surface area contributed by atoms with Crippen LogP contribution in [-0.4, -0.2) is 18.1 Å². The molecule has 0 radical (unpaired) electrons. The molecule has 1 aromatic rings. The first kappa shape index (κ1) is 12.7. The number of carbonyl (C=O) groups is 1. The molecule has 0 aromatic heterocycles. The summed E-state index contributed by atoms with van der Waals surface area (Å²) in [4.78, 5) is 11.2. The summed E-state index contributed by atoms with van der Waals surface area (Å²) in [5, 5.41) is 12.0. The number of carboxylic acids is 1. The SMILES string of the molecule is CNC(C(=O)O)c1c(C)c(C)cc(C)c1C. The largest absolute Gasteiger partial charge is 0.480 e. The van der Waals surface area contributed by atoms with Crippen molar-refractivity contribution < 1.29 is 9.90 Å². The summed E-state index contributed by atoms with van der Waals surface area (Å²) >= 11 is 0. The maximum atomic E-state index is 11.2. The fraction of sp³-hybridized carbons (Fsp3) is 0.462. The Balaban J connectivity index is 3.47. The van der Waals surface area contributed by atoms with Crippen LogP contribution in [0.3, 0.4) is 0 Å². The highest BCUT2D eigenvalue weighted by Gasteiger charge is 2.23. The number of carboxylic acid groups (broad SMARTS) is 1. The van der Waals surface area contributed by atoms with Crippen LogP contribution in [0.25, 0.3) is 0 Å². The molecule has 3 nitrogen and oxygen atoms in total. The van der Waals surface area contributed by atoms with Gasteiger partial charge in [-0.05, 0) is 62.6 Å². The first-order valence-corrected chi connectivity index (χ1v) is 5.37. The van der Waals surface area contributed by atoms with Gasteiger partial charge in [-0.3, -0.25) is 4.79 Å². The van der Waals surface area contributed by atoms with Crippen LogP contribution in [0.4, 0.5) is 0 Å². The highest BCUT2D eigenvalue weighted by molar-refractivity contribution is 5.77. The van der Waals surface area contributed by atoms with Crippen LogP contribution in [0.2, 0.25) is 0 Å². The van der Waals surface area contributed by atoms with Crippen molar-refractivity contribution >= 4 is 5.97 Å². The van der Waals surface area contributed by atoms with Gasteiger partial charge in [-0.25, -0.2) is 0 Å². The summed E-state index contributed by atoms with van der Waals surface area (Å²) in [6, 6.07) is 1.47. The lowest BCUT2D eigenvalue weighted by molar-refractivity contribution is -0.139. The fourth-order valence-electron chi connectivity index (χ4n) is 2.07. The van der Waals surface area contributed by atoms with E-state index in [9.17, 15) is 9.90 Å². The zero-order valence-corrected chi connectivity index (χ0v) is 10.5. The van der Waals surface area contributed by atoms with Crippen molar-refractivity contribution in [1.82, 2.24) is 5.32 Å². The monoisotopic (exact) mass is 221 g/mol. The van der Waals surface area contributed by atoms with Crippen molar-refractivity contribution in [2.24, 2.45) is 0 Å². The molecule has 0 amide bonds. The van der Waals surface area contributed by atoms with Gasteiger partial charge in [0, 0.05) is 0 Å². The highest BCUT2D eigenvalue weighted by atomic mass is 16.4. The van der Waals surface area contributed by atoms with Crippen LogP contribution >= 0.6 is 0 Å². The first-order chi connectivity index (χ1) is 7.40. The lowest BCUT2D eigenvalue weighted by Gasteiger charge is -2.20. The van der Waals surface area contributed by atoms with Gasteiger partial charge in [0.2, 0.25) is 0 Å². The third-order valence-electron chi connectivity index (χ3n) is 3.25. The third kappa shape index (κ3) is 2.09. The Bertz CT molecular complexity index is 398. The second kappa shape index (κ2) is 4.66. The average molecular weight is 221 g/mol. The summed E-state index contributed by atoms with van der Waals surface area (Å²) < 4.78 is 0. The number of benzene rings is 1. The van der Waals surface area contributed by atoms with Crippen LogP contribution in [0, 0.1) is 27.7 Å². The van der Waals surface area contributed by atoms with Crippen LogP contribution in [0.15, 0.2) is 6.07 Å². The first-order valence-electron chi connectivity index (χ1n) is 5.37. The molecule has 0 bridgehead atoms. The van der Waals surface area contributed by atoms with E-state index in [0.717, 1.165) is 27.8 Å². The fourth-order valence-corrected chi connectivity index (χ4v) is 2.07. The van der Waals surface area contributed by atoms with Gasteiger partial charge in [0.05, 0.1) is 0 Å². The van der Waals surface area contributed by atoms with Crippen molar-refractivity contribution in [3.8, 4) is 0 Å². The Morgan fingerprint density at radius 3 is 1.94 bits per heavy atom. The Kier molecular flexibility index (Phi) is 3.70. The van der Waals surface area contributed by atoms with Gasteiger partial charge in [0.25, 0.3) is 0 Å². The molecule has 0 spiro atoms. The number of likely N-dealkylation sites (N-methyl/N-ethyl adjacent to an activating group) is 1. The quantitative estimate of drug-likeness (QED) is 0.823. The predicted molar refractivity (Wildman–Crippen MR) is 64.8 cm³/mol. The molecule has 16 heavy (non-hydrogen) atoms. The predicted octanol–water partition coefficient (Wildman–Crippen LogP) is 2.27. The highest BCUT2D eigenvalue weighted by Crippen LogP contribution is 2.27. The molecular weight excluding hydrogens is 202 g/mol. The molecule has 1 aromatic carbocycles. The summed E-state index contributed by atoms with van der Waals surface area (Å²) in [5.74, 6) is -0.835. The smallest absolute Gasteiger partial charge is 0.325 e. The van der Waals surface area contributed by atoms with Crippen molar-refractivity contribution in [3.63, 3.8) is 0 Å². The van der Waals surface area contributed by atoms with Crippen LogP contribution < -0.4 is 5.32 Å². The van der Waals surface area contributed by atoms with Gasteiger partial charge in [0.15, 0.2) is 0 Å². The van der Waals surface area contributed by atoms with Gasteiger partial charge in [-0.15, -0.1) is 0 Å². The van der Waals surface area contributed by atoms with E-state index in [0.29, 0.717) is 0 Å². The number of rotatable bonds is 3. The molecule has 1 atom stereocenters. The number of aryl methyl sites for hydroxylation is 2. The maximum Gasteiger partial charge on any atom is 0.325 e.